The molecule has 3 rings (SSSR count). The van der Waals surface area contributed by atoms with Crippen molar-refractivity contribution in [1.29, 1.82) is 0 Å². The molecule has 0 bridgehead atoms. The van der Waals surface area contributed by atoms with Crippen molar-refractivity contribution in [2.45, 2.75) is 0 Å². The van der Waals surface area contributed by atoms with E-state index in [2.05, 4.69) is 4.98 Å². The molecular formula is C14H10FNO2S. The number of rotatable bonds is 3. The van der Waals surface area contributed by atoms with Crippen molar-refractivity contribution in [1.82, 2.24) is 4.98 Å². The molecule has 2 heterocycles. The Morgan fingerprint density at radius 2 is 2.21 bits per heavy atom. The maximum absolute atomic E-state index is 13.1. The average molecular weight is 275 g/mol. The maximum Gasteiger partial charge on any atom is 0.208 e. The lowest BCUT2D eigenvalue weighted by Gasteiger charge is -2.01. The number of benzene rings is 1. The molecule has 0 atom stereocenters. The molecule has 0 saturated heterocycles. The first-order valence-electron chi connectivity index (χ1n) is 5.63. The topological polar surface area (TPSA) is 42.1 Å². The van der Waals surface area contributed by atoms with Gasteiger partial charge in [0.2, 0.25) is 5.78 Å². The van der Waals surface area contributed by atoms with Gasteiger partial charge in [0.1, 0.15) is 16.4 Å². The summed E-state index contributed by atoms with van der Waals surface area (Å²) in [5.41, 5.74) is 1.13. The van der Waals surface area contributed by atoms with E-state index in [0.29, 0.717) is 27.1 Å². The van der Waals surface area contributed by atoms with Gasteiger partial charge in [-0.05, 0) is 29.6 Å². The number of H-pyrrole nitrogens is 1. The van der Waals surface area contributed by atoms with Gasteiger partial charge in [0.15, 0.2) is 0 Å². The van der Waals surface area contributed by atoms with Gasteiger partial charge in [0.05, 0.1) is 7.11 Å². The Morgan fingerprint density at radius 1 is 1.37 bits per heavy atom. The van der Waals surface area contributed by atoms with Crippen LogP contribution in [0.2, 0.25) is 0 Å². The van der Waals surface area contributed by atoms with Gasteiger partial charge in [-0.1, -0.05) is 0 Å². The first kappa shape index (κ1) is 11.9. The lowest BCUT2D eigenvalue weighted by Crippen LogP contribution is -1.99. The van der Waals surface area contributed by atoms with E-state index in [4.69, 9.17) is 4.74 Å². The SMILES string of the molecule is COc1ccsc1C(=O)c1c[nH]c2cc(F)ccc12. The summed E-state index contributed by atoms with van der Waals surface area (Å²) >= 11 is 1.33. The minimum atomic E-state index is -0.331. The third kappa shape index (κ3) is 1.92. The summed E-state index contributed by atoms with van der Waals surface area (Å²) in [5.74, 6) is 0.109. The highest BCUT2D eigenvalue weighted by atomic mass is 32.1. The molecule has 96 valence electrons. The molecule has 0 aliphatic rings. The van der Waals surface area contributed by atoms with Crippen LogP contribution in [-0.4, -0.2) is 17.9 Å². The van der Waals surface area contributed by atoms with Crippen molar-refractivity contribution in [3.05, 3.63) is 52.1 Å². The number of nitrogens with one attached hydrogen (secondary N) is 1. The minimum absolute atomic E-state index is 0.121. The van der Waals surface area contributed by atoms with Crippen LogP contribution in [-0.2, 0) is 0 Å². The molecule has 0 aliphatic heterocycles. The number of halogens is 1. The highest BCUT2D eigenvalue weighted by Gasteiger charge is 2.19. The molecule has 0 spiro atoms. The number of hydrogen-bond acceptors (Lipinski definition) is 3. The molecule has 19 heavy (non-hydrogen) atoms. The van der Waals surface area contributed by atoms with Crippen molar-refractivity contribution in [3.8, 4) is 5.75 Å². The summed E-state index contributed by atoms with van der Waals surface area (Å²) < 4.78 is 18.3. The third-order valence-electron chi connectivity index (χ3n) is 2.94. The summed E-state index contributed by atoms with van der Waals surface area (Å²) in [6, 6.07) is 6.08. The van der Waals surface area contributed by atoms with Crippen molar-refractivity contribution < 1.29 is 13.9 Å². The van der Waals surface area contributed by atoms with Crippen molar-refractivity contribution in [3.63, 3.8) is 0 Å². The van der Waals surface area contributed by atoms with Crippen molar-refractivity contribution >= 4 is 28.0 Å². The molecule has 0 saturated carbocycles. The molecule has 0 aliphatic carbocycles. The Balaban J connectivity index is 2.12. The standard InChI is InChI=1S/C14H10FNO2S/c1-18-12-4-5-19-14(12)13(17)10-7-16-11-6-8(15)2-3-9(10)11/h2-7,16H,1H3. The highest BCUT2D eigenvalue weighted by molar-refractivity contribution is 7.12. The van der Waals surface area contributed by atoms with E-state index in [-0.39, 0.29) is 11.6 Å². The Morgan fingerprint density at radius 3 is 3.00 bits per heavy atom. The number of fused-ring (bicyclic) bond motifs is 1. The summed E-state index contributed by atoms with van der Waals surface area (Å²) in [7, 11) is 1.53. The van der Waals surface area contributed by atoms with E-state index in [1.165, 1.54) is 30.6 Å². The van der Waals surface area contributed by atoms with Gasteiger partial charge < -0.3 is 9.72 Å². The molecule has 3 nitrogen and oxygen atoms in total. The van der Waals surface area contributed by atoms with Crippen LogP contribution in [0.1, 0.15) is 15.2 Å². The fourth-order valence-electron chi connectivity index (χ4n) is 2.03. The third-order valence-corrected chi connectivity index (χ3v) is 3.84. The molecule has 2 aromatic heterocycles. The summed E-state index contributed by atoms with van der Waals surface area (Å²) in [4.78, 5) is 15.9. The molecular weight excluding hydrogens is 265 g/mol. The molecule has 3 aromatic rings. The lowest BCUT2D eigenvalue weighted by molar-refractivity contribution is 0.104. The fraction of sp³-hybridized carbons (Fsp3) is 0.0714. The quantitative estimate of drug-likeness (QED) is 0.742. The number of thiophene rings is 1. The Hall–Kier alpha value is -2.14. The number of methoxy groups -OCH3 is 1. The second kappa shape index (κ2) is 4.51. The molecule has 5 heteroatoms. The molecule has 1 aromatic carbocycles. The summed E-state index contributed by atoms with van der Waals surface area (Å²) in [6.07, 6.45) is 1.60. The molecule has 0 amide bonds. The van der Waals surface area contributed by atoms with Crippen LogP contribution in [0.3, 0.4) is 0 Å². The lowest BCUT2D eigenvalue weighted by atomic mass is 10.1. The largest absolute Gasteiger partial charge is 0.495 e. The van der Waals surface area contributed by atoms with Crippen LogP contribution in [0, 0.1) is 5.82 Å². The number of hydrogen-bond donors (Lipinski definition) is 1. The molecule has 0 fully saturated rings. The number of ketones is 1. The minimum Gasteiger partial charge on any atom is -0.495 e. The van der Waals surface area contributed by atoms with Gasteiger partial charge in [-0.2, -0.15) is 0 Å². The number of carbonyl (C=O) groups is 1. The predicted molar refractivity (Wildman–Crippen MR) is 72.6 cm³/mol. The zero-order valence-corrected chi connectivity index (χ0v) is 10.9. The number of aromatic amines is 1. The van der Waals surface area contributed by atoms with E-state index in [0.717, 1.165) is 0 Å². The summed E-state index contributed by atoms with van der Waals surface area (Å²) in [6.45, 7) is 0. The first-order valence-corrected chi connectivity index (χ1v) is 6.51. The average Bonchev–Trinajstić information content (AvgIpc) is 3.03. The van der Waals surface area contributed by atoms with Gasteiger partial charge in [0, 0.05) is 22.7 Å². The van der Waals surface area contributed by atoms with E-state index < -0.39 is 0 Å². The highest BCUT2D eigenvalue weighted by Crippen LogP contribution is 2.30. The maximum atomic E-state index is 13.1. The Kier molecular flexibility index (Phi) is 2.83. The number of aromatic nitrogens is 1. The predicted octanol–water partition coefficient (Wildman–Crippen LogP) is 3.61. The van der Waals surface area contributed by atoms with Crippen LogP contribution < -0.4 is 4.74 Å². The van der Waals surface area contributed by atoms with Crippen molar-refractivity contribution in [2.75, 3.05) is 7.11 Å². The molecule has 0 radical (unpaired) electrons. The summed E-state index contributed by atoms with van der Waals surface area (Å²) in [5, 5.41) is 2.52. The Labute approximate surface area is 112 Å². The van der Waals surface area contributed by atoms with Gasteiger partial charge in [0.25, 0.3) is 0 Å². The smallest absolute Gasteiger partial charge is 0.208 e. The van der Waals surface area contributed by atoms with Gasteiger partial charge in [-0.3, -0.25) is 4.79 Å². The number of carbonyl (C=O) groups excluding carboxylic acids is 1. The zero-order chi connectivity index (χ0) is 13.4. The van der Waals surface area contributed by atoms with E-state index >= 15 is 0 Å². The normalized spacial score (nSPS) is 10.8. The first-order chi connectivity index (χ1) is 9.20. The van der Waals surface area contributed by atoms with Crippen LogP contribution in [0.5, 0.6) is 5.75 Å². The second-order valence-corrected chi connectivity index (χ2v) is 4.96. The monoisotopic (exact) mass is 275 g/mol. The van der Waals surface area contributed by atoms with E-state index in [1.807, 2.05) is 0 Å². The number of ether oxygens (including phenoxy) is 1. The van der Waals surface area contributed by atoms with E-state index in [1.54, 1.807) is 23.7 Å². The van der Waals surface area contributed by atoms with Crippen molar-refractivity contribution in [2.24, 2.45) is 0 Å². The van der Waals surface area contributed by atoms with Gasteiger partial charge in [-0.15, -0.1) is 11.3 Å². The van der Waals surface area contributed by atoms with E-state index in [9.17, 15) is 9.18 Å². The van der Waals surface area contributed by atoms with Gasteiger partial charge in [-0.25, -0.2) is 4.39 Å². The Bertz CT molecular complexity index is 760. The second-order valence-electron chi connectivity index (χ2n) is 4.04. The van der Waals surface area contributed by atoms with Gasteiger partial charge >= 0.3 is 0 Å². The fourth-order valence-corrected chi connectivity index (χ4v) is 2.84. The molecule has 1 N–H and O–H groups in total. The zero-order valence-electron chi connectivity index (χ0n) is 10.1. The van der Waals surface area contributed by atoms with Crippen LogP contribution >= 0.6 is 11.3 Å². The van der Waals surface area contributed by atoms with Crippen LogP contribution in [0.4, 0.5) is 4.39 Å². The molecule has 0 unspecified atom stereocenters. The van der Waals surface area contributed by atoms with Crippen LogP contribution in [0.25, 0.3) is 10.9 Å². The van der Waals surface area contributed by atoms with Crippen LogP contribution in [0.15, 0.2) is 35.8 Å².